The molecule has 3 N–H and O–H groups in total. The average molecular weight is 157 g/mol. The van der Waals surface area contributed by atoms with Crippen LogP contribution in [0.2, 0.25) is 0 Å². The van der Waals surface area contributed by atoms with E-state index in [1.807, 2.05) is 0 Å². The largest absolute Gasteiger partial charge is 0.411 e. The van der Waals surface area contributed by atoms with Gasteiger partial charge in [-0.3, -0.25) is 0 Å². The number of aromatic nitrogens is 1. The van der Waals surface area contributed by atoms with Crippen molar-refractivity contribution in [2.45, 2.75) is 6.92 Å². The number of nitrogen functional groups attached to an aromatic ring is 1. The molecular weight excluding hydrogens is 150 g/mol. The summed E-state index contributed by atoms with van der Waals surface area (Å²) in [7, 11) is 0. The van der Waals surface area contributed by atoms with Gasteiger partial charge in [0.25, 0.3) is 0 Å². The molecule has 0 aliphatic carbocycles. The molecule has 1 rings (SSSR count). The molecule has 0 aliphatic rings. The van der Waals surface area contributed by atoms with Crippen molar-refractivity contribution < 1.29 is 5.21 Å². The molecule has 54 valence electrons. The van der Waals surface area contributed by atoms with Gasteiger partial charge < -0.3 is 10.9 Å². The first-order valence-corrected chi connectivity index (χ1v) is 3.52. The van der Waals surface area contributed by atoms with Crippen LogP contribution in [0.3, 0.4) is 0 Å². The summed E-state index contributed by atoms with van der Waals surface area (Å²) in [6, 6.07) is 0. The highest BCUT2D eigenvalue weighted by Gasteiger charge is 2.00. The maximum Gasteiger partial charge on any atom is 0.180 e. The van der Waals surface area contributed by atoms with Crippen molar-refractivity contribution in [3.63, 3.8) is 0 Å². The van der Waals surface area contributed by atoms with E-state index in [1.54, 1.807) is 12.3 Å². The fourth-order valence-electron chi connectivity index (χ4n) is 0.505. The van der Waals surface area contributed by atoms with Crippen molar-refractivity contribution in [3.05, 3.63) is 11.1 Å². The number of rotatable bonds is 1. The molecule has 4 nitrogen and oxygen atoms in total. The second-order valence-corrected chi connectivity index (χ2v) is 2.65. The minimum absolute atomic E-state index is 0.480. The van der Waals surface area contributed by atoms with Crippen molar-refractivity contribution in [1.29, 1.82) is 0 Å². The van der Waals surface area contributed by atoms with E-state index in [2.05, 4.69) is 10.1 Å². The summed E-state index contributed by atoms with van der Waals surface area (Å²) in [5, 5.41) is 13.5. The Morgan fingerprint density at radius 1 is 1.90 bits per heavy atom. The van der Waals surface area contributed by atoms with Gasteiger partial charge in [0.2, 0.25) is 0 Å². The van der Waals surface area contributed by atoms with E-state index in [1.165, 1.54) is 11.3 Å². The third-order valence-corrected chi connectivity index (χ3v) is 1.72. The zero-order valence-electron chi connectivity index (χ0n) is 5.40. The summed E-state index contributed by atoms with van der Waals surface area (Å²) in [6.07, 6.45) is 0. The highest BCUT2D eigenvalue weighted by atomic mass is 32.1. The van der Waals surface area contributed by atoms with Crippen LogP contribution in [0, 0.1) is 0 Å². The van der Waals surface area contributed by atoms with Crippen molar-refractivity contribution >= 4 is 22.2 Å². The number of nitrogens with two attached hydrogens (primary N) is 1. The van der Waals surface area contributed by atoms with Gasteiger partial charge in [0, 0.05) is 5.38 Å². The lowest BCUT2D eigenvalue weighted by Gasteiger charge is -1.86. The summed E-state index contributed by atoms with van der Waals surface area (Å²) in [5.74, 6) is 0. The molecule has 0 saturated carbocycles. The lowest BCUT2D eigenvalue weighted by Crippen LogP contribution is -1.94. The van der Waals surface area contributed by atoms with Crippen LogP contribution in [0.1, 0.15) is 12.6 Å². The van der Waals surface area contributed by atoms with Crippen LogP contribution in [0.25, 0.3) is 0 Å². The predicted octanol–water partition coefficient (Wildman–Crippen LogP) is 0.924. The van der Waals surface area contributed by atoms with E-state index < -0.39 is 0 Å². The number of oxime groups is 1. The molecule has 5 heteroatoms. The van der Waals surface area contributed by atoms with Crippen molar-refractivity contribution in [2.75, 3.05) is 5.73 Å². The third-order valence-electron chi connectivity index (χ3n) is 1.04. The fraction of sp³-hybridized carbons (Fsp3) is 0.200. The molecule has 0 fully saturated rings. The lowest BCUT2D eigenvalue weighted by molar-refractivity contribution is 0.319. The topological polar surface area (TPSA) is 71.5 Å². The molecular formula is C5H7N3OS. The second-order valence-electron chi connectivity index (χ2n) is 1.76. The zero-order valence-corrected chi connectivity index (χ0v) is 6.22. The Balaban J connectivity index is 2.95. The minimum atomic E-state index is 0.480. The SMILES string of the molecule is C/C(=N/O)c1csc(N)n1. The summed E-state index contributed by atoms with van der Waals surface area (Å²) < 4.78 is 0. The quantitative estimate of drug-likeness (QED) is 0.362. The average Bonchev–Trinajstić information content (AvgIpc) is 2.34. The van der Waals surface area contributed by atoms with E-state index in [9.17, 15) is 0 Å². The molecule has 0 atom stereocenters. The molecule has 0 unspecified atom stereocenters. The molecule has 0 saturated heterocycles. The minimum Gasteiger partial charge on any atom is -0.411 e. The first-order chi connectivity index (χ1) is 4.74. The van der Waals surface area contributed by atoms with Gasteiger partial charge in [-0.2, -0.15) is 0 Å². The molecule has 0 aliphatic heterocycles. The Morgan fingerprint density at radius 2 is 2.60 bits per heavy atom. The normalized spacial score (nSPS) is 11.9. The number of thiazole rings is 1. The van der Waals surface area contributed by atoms with E-state index in [0.29, 0.717) is 16.5 Å². The molecule has 0 spiro atoms. The van der Waals surface area contributed by atoms with Crippen molar-refractivity contribution in [2.24, 2.45) is 5.16 Å². The Bertz CT molecular complexity index is 255. The highest BCUT2D eigenvalue weighted by molar-refractivity contribution is 7.13. The molecule has 0 aromatic carbocycles. The highest BCUT2D eigenvalue weighted by Crippen LogP contribution is 2.11. The van der Waals surface area contributed by atoms with Gasteiger partial charge in [0.15, 0.2) is 5.13 Å². The predicted molar refractivity (Wildman–Crippen MR) is 40.5 cm³/mol. The van der Waals surface area contributed by atoms with Crippen LogP contribution < -0.4 is 5.73 Å². The maximum absolute atomic E-state index is 8.31. The molecule has 1 aromatic rings. The van der Waals surface area contributed by atoms with Gasteiger partial charge in [0.1, 0.15) is 11.4 Å². The molecule has 1 aromatic heterocycles. The first-order valence-electron chi connectivity index (χ1n) is 2.64. The van der Waals surface area contributed by atoms with E-state index >= 15 is 0 Å². The smallest absolute Gasteiger partial charge is 0.180 e. The van der Waals surface area contributed by atoms with Crippen molar-refractivity contribution in [1.82, 2.24) is 4.98 Å². The monoisotopic (exact) mass is 157 g/mol. The zero-order chi connectivity index (χ0) is 7.56. The standard InChI is InChI=1S/C5H7N3OS/c1-3(8-9)4-2-10-5(6)7-4/h2,9H,1H3,(H2,6,7)/b8-3-. The van der Waals surface area contributed by atoms with Crippen LogP contribution in [0.5, 0.6) is 0 Å². The van der Waals surface area contributed by atoms with E-state index in [-0.39, 0.29) is 0 Å². The maximum atomic E-state index is 8.31. The van der Waals surface area contributed by atoms with Gasteiger partial charge in [-0.15, -0.1) is 11.3 Å². The molecule has 0 radical (unpaired) electrons. The van der Waals surface area contributed by atoms with Gasteiger partial charge in [0.05, 0.1) is 0 Å². The summed E-state index contributed by atoms with van der Waals surface area (Å²) in [4.78, 5) is 3.89. The number of nitrogens with zero attached hydrogens (tertiary/aromatic N) is 2. The third kappa shape index (κ3) is 1.24. The van der Waals surface area contributed by atoms with Crippen LogP contribution in [0.4, 0.5) is 5.13 Å². The Hall–Kier alpha value is -1.10. The van der Waals surface area contributed by atoms with Crippen LogP contribution in [-0.4, -0.2) is 15.9 Å². The summed E-state index contributed by atoms with van der Waals surface area (Å²) in [6.45, 7) is 1.66. The van der Waals surface area contributed by atoms with Gasteiger partial charge in [-0.05, 0) is 6.92 Å². The van der Waals surface area contributed by atoms with Crippen LogP contribution >= 0.6 is 11.3 Å². The molecule has 0 bridgehead atoms. The lowest BCUT2D eigenvalue weighted by atomic mass is 10.3. The van der Waals surface area contributed by atoms with Gasteiger partial charge in [-0.25, -0.2) is 4.98 Å². The number of hydrogen-bond donors (Lipinski definition) is 2. The Morgan fingerprint density at radius 3 is 3.00 bits per heavy atom. The number of anilines is 1. The van der Waals surface area contributed by atoms with E-state index in [4.69, 9.17) is 10.9 Å². The number of hydrogen-bond acceptors (Lipinski definition) is 5. The Labute approximate surface area is 62.0 Å². The fourth-order valence-corrected chi connectivity index (χ4v) is 1.11. The van der Waals surface area contributed by atoms with Gasteiger partial charge in [-0.1, -0.05) is 5.16 Å². The summed E-state index contributed by atoms with van der Waals surface area (Å²) >= 11 is 1.32. The molecule has 0 amide bonds. The molecule has 10 heavy (non-hydrogen) atoms. The summed E-state index contributed by atoms with van der Waals surface area (Å²) in [5.41, 5.74) is 6.45. The first kappa shape index (κ1) is 7.01. The molecule has 1 heterocycles. The van der Waals surface area contributed by atoms with Crippen LogP contribution in [-0.2, 0) is 0 Å². The van der Waals surface area contributed by atoms with E-state index in [0.717, 1.165) is 0 Å². The van der Waals surface area contributed by atoms with Crippen LogP contribution in [0.15, 0.2) is 10.5 Å². The second kappa shape index (κ2) is 2.66. The van der Waals surface area contributed by atoms with Crippen molar-refractivity contribution in [3.8, 4) is 0 Å². The Kier molecular flexibility index (Phi) is 1.86. The van der Waals surface area contributed by atoms with Gasteiger partial charge >= 0.3 is 0 Å².